The number of carboxylic acids is 1. The molecule has 1 heterocycles. The molecule has 0 spiro atoms. The average Bonchev–Trinajstić information content (AvgIpc) is 2.66. The third-order valence-electron chi connectivity index (χ3n) is 2.69. The van der Waals surface area contributed by atoms with E-state index in [2.05, 4.69) is 45.2 Å². The highest BCUT2D eigenvalue weighted by Crippen LogP contribution is 2.34. The van der Waals surface area contributed by atoms with Gasteiger partial charge in [-0.05, 0) is 80.7 Å². The third kappa shape index (κ3) is 3.74. The number of carboxylic acid groups (broad SMARTS) is 1. The van der Waals surface area contributed by atoms with Crippen molar-refractivity contribution in [1.82, 2.24) is 4.90 Å². The summed E-state index contributed by atoms with van der Waals surface area (Å²) in [5.41, 5.74) is 0.746. The second kappa shape index (κ2) is 7.17. The molecule has 1 N–H and O–H groups in total. The zero-order valence-electron chi connectivity index (χ0n) is 11.1. The molecule has 0 aromatic heterocycles. The molecule has 6 nitrogen and oxygen atoms in total. The monoisotopic (exact) mass is 545 g/mol. The number of imide groups is 1. The molecule has 1 fully saturated rings. The SMILES string of the molecule is COc1c(I)cc(/C=C2/SC(=O)N(CC(=O)O)C2=O)cc1I. The summed E-state index contributed by atoms with van der Waals surface area (Å²) < 4.78 is 7.02. The highest BCUT2D eigenvalue weighted by Gasteiger charge is 2.36. The Morgan fingerprint density at radius 3 is 2.45 bits per heavy atom. The zero-order chi connectivity index (χ0) is 16.4. The first-order valence-corrected chi connectivity index (χ1v) is 8.81. The zero-order valence-corrected chi connectivity index (χ0v) is 16.3. The predicted octanol–water partition coefficient (Wildman–Crippen LogP) is 3.03. The smallest absolute Gasteiger partial charge is 0.323 e. The first-order valence-electron chi connectivity index (χ1n) is 5.83. The van der Waals surface area contributed by atoms with Gasteiger partial charge in [0.2, 0.25) is 0 Å². The van der Waals surface area contributed by atoms with Gasteiger partial charge in [-0.15, -0.1) is 0 Å². The molecule has 0 unspecified atom stereocenters. The van der Waals surface area contributed by atoms with Crippen LogP contribution in [0.3, 0.4) is 0 Å². The summed E-state index contributed by atoms with van der Waals surface area (Å²) in [7, 11) is 1.58. The molecule has 2 rings (SSSR count). The van der Waals surface area contributed by atoms with Crippen LogP contribution in [0, 0.1) is 7.14 Å². The van der Waals surface area contributed by atoms with Crippen molar-refractivity contribution in [2.45, 2.75) is 0 Å². The number of benzene rings is 1. The maximum atomic E-state index is 12.1. The Labute approximate surface area is 157 Å². The molecule has 22 heavy (non-hydrogen) atoms. The first kappa shape index (κ1) is 17.5. The standard InChI is InChI=1S/C13H9I2NO5S/c1-21-11-7(14)2-6(3-8(11)15)4-9-12(19)16(5-10(17)18)13(20)22-9/h2-4H,5H2,1H3,(H,17,18)/b9-4+. The molecule has 0 radical (unpaired) electrons. The van der Waals surface area contributed by atoms with Crippen molar-refractivity contribution in [3.05, 3.63) is 29.7 Å². The first-order chi connectivity index (χ1) is 10.3. The van der Waals surface area contributed by atoms with Gasteiger partial charge in [-0.25, -0.2) is 0 Å². The van der Waals surface area contributed by atoms with Gasteiger partial charge in [0.1, 0.15) is 12.3 Å². The van der Waals surface area contributed by atoms with E-state index in [9.17, 15) is 14.4 Å². The van der Waals surface area contributed by atoms with Crippen LogP contribution in [0.15, 0.2) is 17.0 Å². The number of methoxy groups -OCH3 is 1. The minimum absolute atomic E-state index is 0.211. The molecule has 1 aliphatic rings. The van der Waals surface area contributed by atoms with E-state index in [4.69, 9.17) is 9.84 Å². The molecule has 0 aliphatic carbocycles. The van der Waals surface area contributed by atoms with Crippen molar-refractivity contribution in [1.29, 1.82) is 0 Å². The number of carbonyl (C=O) groups is 3. The number of halogens is 2. The number of carbonyl (C=O) groups excluding carboxylic acids is 2. The van der Waals surface area contributed by atoms with Crippen molar-refractivity contribution in [3.63, 3.8) is 0 Å². The Balaban J connectivity index is 2.33. The topological polar surface area (TPSA) is 83.9 Å². The molecule has 0 atom stereocenters. The van der Waals surface area contributed by atoms with Crippen LogP contribution in [0.5, 0.6) is 5.75 Å². The van der Waals surface area contributed by atoms with Crippen LogP contribution >= 0.6 is 56.9 Å². The van der Waals surface area contributed by atoms with Gasteiger partial charge in [-0.3, -0.25) is 19.3 Å². The van der Waals surface area contributed by atoms with Gasteiger partial charge in [-0.1, -0.05) is 0 Å². The number of amides is 2. The van der Waals surface area contributed by atoms with Gasteiger partial charge in [0.15, 0.2) is 0 Å². The highest BCUT2D eigenvalue weighted by atomic mass is 127. The van der Waals surface area contributed by atoms with Crippen LogP contribution in [0.1, 0.15) is 5.56 Å². The summed E-state index contributed by atoms with van der Waals surface area (Å²) in [5, 5.41) is 8.15. The van der Waals surface area contributed by atoms with Crippen LogP contribution in [0.2, 0.25) is 0 Å². The molecule has 116 valence electrons. The highest BCUT2D eigenvalue weighted by molar-refractivity contribution is 14.1. The minimum Gasteiger partial charge on any atom is -0.495 e. The van der Waals surface area contributed by atoms with E-state index < -0.39 is 23.7 Å². The number of rotatable bonds is 4. The summed E-state index contributed by atoms with van der Waals surface area (Å²) in [5.74, 6) is -1.06. The Morgan fingerprint density at radius 1 is 1.36 bits per heavy atom. The average molecular weight is 545 g/mol. The second-order valence-electron chi connectivity index (χ2n) is 4.18. The number of hydrogen-bond acceptors (Lipinski definition) is 5. The number of thioether (sulfide) groups is 1. The Morgan fingerprint density at radius 2 is 1.95 bits per heavy atom. The van der Waals surface area contributed by atoms with E-state index in [0.717, 1.165) is 35.1 Å². The fourth-order valence-electron chi connectivity index (χ4n) is 1.78. The maximum absolute atomic E-state index is 12.1. The number of hydrogen-bond donors (Lipinski definition) is 1. The van der Waals surface area contributed by atoms with Crippen molar-refractivity contribution < 1.29 is 24.2 Å². The van der Waals surface area contributed by atoms with Crippen LogP contribution in [0.4, 0.5) is 4.79 Å². The lowest BCUT2D eigenvalue weighted by Crippen LogP contribution is -2.33. The summed E-state index contributed by atoms with van der Waals surface area (Å²) in [4.78, 5) is 35.4. The molecule has 9 heteroatoms. The van der Waals surface area contributed by atoms with Crippen molar-refractivity contribution in [2.75, 3.05) is 13.7 Å². The van der Waals surface area contributed by atoms with Crippen molar-refractivity contribution >= 4 is 80.1 Å². The van der Waals surface area contributed by atoms with Crippen LogP contribution < -0.4 is 4.74 Å². The largest absolute Gasteiger partial charge is 0.495 e. The Hall–Kier alpha value is -0.820. The number of nitrogens with zero attached hydrogens (tertiary/aromatic N) is 1. The van der Waals surface area contributed by atoms with Gasteiger partial charge in [-0.2, -0.15) is 0 Å². The normalized spacial score (nSPS) is 16.5. The summed E-state index contributed by atoms with van der Waals surface area (Å²) in [6.45, 7) is -0.625. The molecule has 1 aliphatic heterocycles. The van der Waals surface area contributed by atoms with Gasteiger partial charge >= 0.3 is 5.97 Å². The van der Waals surface area contributed by atoms with E-state index in [1.807, 2.05) is 12.1 Å². The van der Waals surface area contributed by atoms with Gasteiger partial charge < -0.3 is 9.84 Å². The lowest BCUT2D eigenvalue weighted by molar-refractivity contribution is -0.140. The Kier molecular flexibility index (Phi) is 5.71. The molecule has 1 aromatic carbocycles. The predicted molar refractivity (Wildman–Crippen MR) is 98.7 cm³/mol. The fraction of sp³-hybridized carbons (Fsp3) is 0.154. The van der Waals surface area contributed by atoms with E-state index in [1.165, 1.54) is 0 Å². The van der Waals surface area contributed by atoms with Crippen LogP contribution in [-0.4, -0.2) is 40.8 Å². The maximum Gasteiger partial charge on any atom is 0.323 e. The third-order valence-corrected chi connectivity index (χ3v) is 5.20. The lowest BCUT2D eigenvalue weighted by Gasteiger charge is -2.08. The van der Waals surface area contributed by atoms with Gasteiger partial charge in [0, 0.05) is 0 Å². The molecule has 1 aromatic rings. The van der Waals surface area contributed by atoms with Crippen LogP contribution in [0.25, 0.3) is 6.08 Å². The summed E-state index contributed by atoms with van der Waals surface area (Å²) in [6.07, 6.45) is 1.58. The summed E-state index contributed by atoms with van der Waals surface area (Å²) in [6, 6.07) is 3.65. The summed E-state index contributed by atoms with van der Waals surface area (Å²) >= 11 is 4.98. The molecular formula is C13H9I2NO5S. The Bertz CT molecular complexity index is 681. The van der Waals surface area contributed by atoms with Crippen LogP contribution in [-0.2, 0) is 9.59 Å². The second-order valence-corrected chi connectivity index (χ2v) is 7.50. The number of aliphatic carboxylic acids is 1. The molecule has 2 amide bonds. The van der Waals surface area contributed by atoms with E-state index in [-0.39, 0.29) is 4.91 Å². The molecule has 0 saturated carbocycles. The minimum atomic E-state index is -1.22. The van der Waals surface area contributed by atoms with Gasteiger partial charge in [0.05, 0.1) is 19.2 Å². The quantitative estimate of drug-likeness (QED) is 0.463. The molecular weight excluding hydrogens is 536 g/mol. The molecule has 0 bridgehead atoms. The van der Waals surface area contributed by atoms with Crippen molar-refractivity contribution in [3.8, 4) is 5.75 Å². The van der Waals surface area contributed by atoms with Gasteiger partial charge in [0.25, 0.3) is 11.1 Å². The fourth-order valence-corrected chi connectivity index (χ4v) is 4.88. The molecule has 1 saturated heterocycles. The number of ether oxygens (including phenoxy) is 1. The van der Waals surface area contributed by atoms with E-state index in [1.54, 1.807) is 13.2 Å². The van der Waals surface area contributed by atoms with Crippen molar-refractivity contribution in [2.24, 2.45) is 0 Å². The van der Waals surface area contributed by atoms with E-state index in [0.29, 0.717) is 0 Å². The lowest BCUT2D eigenvalue weighted by atomic mass is 10.2. The van der Waals surface area contributed by atoms with E-state index >= 15 is 0 Å².